The van der Waals surface area contributed by atoms with Gasteiger partial charge in [0, 0.05) is 0 Å². The Bertz CT molecular complexity index is 142. The summed E-state index contributed by atoms with van der Waals surface area (Å²) in [5, 5.41) is 0. The van der Waals surface area contributed by atoms with Gasteiger partial charge in [-0.2, -0.15) is 0 Å². The maximum absolute atomic E-state index is 3.83. The summed E-state index contributed by atoms with van der Waals surface area (Å²) in [4.78, 5) is 0. The van der Waals surface area contributed by atoms with E-state index in [9.17, 15) is 0 Å². The standard InChI is InChI=1S/C14H24/c1-3-5-7-9-11-13-14-12-10-8-6-4-2/h7,9,13-14H,1-6,8,10-12H2. The van der Waals surface area contributed by atoms with Gasteiger partial charge in [0.1, 0.15) is 0 Å². The van der Waals surface area contributed by atoms with Crippen LogP contribution in [0.15, 0.2) is 24.3 Å². The third-order valence-electron chi connectivity index (χ3n) is 2.10. The quantitative estimate of drug-likeness (QED) is 0.360. The fourth-order valence-corrected chi connectivity index (χ4v) is 1.24. The lowest BCUT2D eigenvalue weighted by atomic mass is 10.1. The van der Waals surface area contributed by atoms with Crippen molar-refractivity contribution in [3.05, 3.63) is 38.2 Å². The Kier molecular flexibility index (Phi) is 12.0. The van der Waals surface area contributed by atoms with E-state index in [0.717, 1.165) is 25.7 Å². The van der Waals surface area contributed by atoms with Crippen molar-refractivity contribution in [2.75, 3.05) is 0 Å². The molecule has 0 nitrogen and oxygen atoms in total. The van der Waals surface area contributed by atoms with Crippen LogP contribution in [0, 0.1) is 13.8 Å². The van der Waals surface area contributed by atoms with Crippen LogP contribution >= 0.6 is 0 Å². The largest absolute Gasteiger partial charge is 0.0882 e. The third-order valence-corrected chi connectivity index (χ3v) is 2.10. The van der Waals surface area contributed by atoms with E-state index in [1.165, 1.54) is 25.7 Å². The zero-order valence-electron chi connectivity index (χ0n) is 9.38. The summed E-state index contributed by atoms with van der Waals surface area (Å²) >= 11 is 0. The highest BCUT2D eigenvalue weighted by molar-refractivity contribution is 4.92. The molecule has 0 heterocycles. The van der Waals surface area contributed by atoms with E-state index < -0.39 is 0 Å². The van der Waals surface area contributed by atoms with Gasteiger partial charge in [0.15, 0.2) is 0 Å². The molecule has 0 spiro atoms. The Labute approximate surface area is 90.1 Å². The lowest BCUT2D eigenvalue weighted by molar-refractivity contribution is 0.694. The highest BCUT2D eigenvalue weighted by atomic mass is 13.9. The van der Waals surface area contributed by atoms with Crippen LogP contribution in [-0.2, 0) is 0 Å². The number of hydrogen-bond donors (Lipinski definition) is 0. The Balaban J connectivity index is 3.11. The van der Waals surface area contributed by atoms with E-state index in [2.05, 4.69) is 38.2 Å². The second kappa shape index (κ2) is 12.5. The summed E-state index contributed by atoms with van der Waals surface area (Å²) in [6.45, 7) is 7.62. The van der Waals surface area contributed by atoms with Crippen LogP contribution in [0.3, 0.4) is 0 Å². The van der Waals surface area contributed by atoms with Crippen molar-refractivity contribution < 1.29 is 0 Å². The van der Waals surface area contributed by atoms with Gasteiger partial charge in [0.2, 0.25) is 0 Å². The van der Waals surface area contributed by atoms with Crippen molar-refractivity contribution in [2.45, 2.75) is 51.4 Å². The monoisotopic (exact) mass is 192 g/mol. The molecule has 2 radical (unpaired) electrons. The van der Waals surface area contributed by atoms with E-state index in [-0.39, 0.29) is 0 Å². The van der Waals surface area contributed by atoms with Gasteiger partial charge in [-0.15, -0.1) is 0 Å². The van der Waals surface area contributed by atoms with E-state index in [0.29, 0.717) is 0 Å². The van der Waals surface area contributed by atoms with Crippen molar-refractivity contribution in [1.82, 2.24) is 0 Å². The maximum atomic E-state index is 3.83. The van der Waals surface area contributed by atoms with Crippen LogP contribution in [0.4, 0.5) is 0 Å². The van der Waals surface area contributed by atoms with Crippen LogP contribution in [-0.4, -0.2) is 0 Å². The van der Waals surface area contributed by atoms with Gasteiger partial charge in [-0.1, -0.05) is 57.4 Å². The second-order valence-electron chi connectivity index (χ2n) is 3.52. The van der Waals surface area contributed by atoms with Crippen molar-refractivity contribution in [2.24, 2.45) is 0 Å². The normalized spacial score (nSPS) is 11.9. The Hall–Kier alpha value is -0.520. The van der Waals surface area contributed by atoms with Gasteiger partial charge in [0.25, 0.3) is 0 Å². The van der Waals surface area contributed by atoms with Gasteiger partial charge < -0.3 is 0 Å². The fourth-order valence-electron chi connectivity index (χ4n) is 1.24. The Morgan fingerprint density at radius 3 is 2.00 bits per heavy atom. The van der Waals surface area contributed by atoms with Crippen LogP contribution < -0.4 is 0 Å². The molecular weight excluding hydrogens is 168 g/mol. The molecule has 0 aromatic carbocycles. The number of hydrogen-bond acceptors (Lipinski definition) is 0. The molecule has 80 valence electrons. The second-order valence-corrected chi connectivity index (χ2v) is 3.52. The topological polar surface area (TPSA) is 0 Å². The molecular formula is C14H24. The first-order valence-electron chi connectivity index (χ1n) is 5.80. The van der Waals surface area contributed by atoms with Gasteiger partial charge in [0.05, 0.1) is 0 Å². The van der Waals surface area contributed by atoms with Gasteiger partial charge in [-0.3, -0.25) is 0 Å². The van der Waals surface area contributed by atoms with E-state index >= 15 is 0 Å². The summed E-state index contributed by atoms with van der Waals surface area (Å²) in [5.41, 5.74) is 0. The molecule has 0 N–H and O–H groups in total. The summed E-state index contributed by atoms with van der Waals surface area (Å²) in [6, 6.07) is 0. The van der Waals surface area contributed by atoms with Crippen LogP contribution in [0.25, 0.3) is 0 Å². The van der Waals surface area contributed by atoms with Crippen molar-refractivity contribution in [3.8, 4) is 0 Å². The molecule has 0 rings (SSSR count). The average Bonchev–Trinajstić information content (AvgIpc) is 2.21. The zero-order chi connectivity index (χ0) is 10.5. The summed E-state index contributed by atoms with van der Waals surface area (Å²) < 4.78 is 0. The third kappa shape index (κ3) is 11.5. The zero-order valence-corrected chi connectivity index (χ0v) is 9.38. The molecule has 14 heavy (non-hydrogen) atoms. The first kappa shape index (κ1) is 13.5. The Morgan fingerprint density at radius 1 is 0.643 bits per heavy atom. The smallest absolute Gasteiger partial charge is 0.0169 e. The first-order chi connectivity index (χ1) is 6.91. The minimum Gasteiger partial charge on any atom is -0.0882 e. The fraction of sp³-hybridized carbons (Fsp3) is 0.571. The Morgan fingerprint density at radius 2 is 1.36 bits per heavy atom. The molecule has 0 unspecified atom stereocenters. The lowest BCUT2D eigenvalue weighted by Gasteiger charge is -1.93. The predicted molar refractivity (Wildman–Crippen MR) is 65.9 cm³/mol. The van der Waals surface area contributed by atoms with Crippen molar-refractivity contribution in [3.63, 3.8) is 0 Å². The minimum absolute atomic E-state index is 1.01. The molecule has 0 bridgehead atoms. The number of unbranched alkanes of at least 4 members (excludes halogenated alkanes) is 5. The molecule has 0 fully saturated rings. The summed E-state index contributed by atoms with van der Waals surface area (Å²) in [7, 11) is 0. The number of allylic oxidation sites excluding steroid dienone is 4. The van der Waals surface area contributed by atoms with Crippen LogP contribution in [0.5, 0.6) is 0 Å². The lowest BCUT2D eigenvalue weighted by Crippen LogP contribution is -1.73. The van der Waals surface area contributed by atoms with Gasteiger partial charge >= 0.3 is 0 Å². The van der Waals surface area contributed by atoms with Crippen LogP contribution in [0.2, 0.25) is 0 Å². The minimum atomic E-state index is 1.01. The molecule has 0 aromatic heterocycles. The average molecular weight is 192 g/mol. The molecule has 0 aliphatic rings. The molecule has 0 aromatic rings. The molecule has 0 atom stereocenters. The molecule has 0 saturated heterocycles. The highest BCUT2D eigenvalue weighted by Gasteiger charge is 1.83. The van der Waals surface area contributed by atoms with Crippen molar-refractivity contribution >= 4 is 0 Å². The number of rotatable bonds is 9. The van der Waals surface area contributed by atoms with Gasteiger partial charge in [-0.25, -0.2) is 0 Å². The molecule has 0 aliphatic heterocycles. The highest BCUT2D eigenvalue weighted by Crippen LogP contribution is 2.03. The molecule has 0 saturated carbocycles. The van der Waals surface area contributed by atoms with E-state index in [4.69, 9.17) is 0 Å². The molecule has 0 amide bonds. The van der Waals surface area contributed by atoms with E-state index in [1.807, 2.05) is 0 Å². The van der Waals surface area contributed by atoms with Crippen molar-refractivity contribution in [1.29, 1.82) is 0 Å². The molecule has 0 aliphatic carbocycles. The summed E-state index contributed by atoms with van der Waals surface area (Å²) in [6.07, 6.45) is 18.4. The SMILES string of the molecule is [CH2]CCC=CCC=CCCCCC[CH2]. The first-order valence-corrected chi connectivity index (χ1v) is 5.80. The van der Waals surface area contributed by atoms with E-state index in [1.54, 1.807) is 0 Å². The summed E-state index contributed by atoms with van der Waals surface area (Å²) in [5.74, 6) is 0. The van der Waals surface area contributed by atoms with Crippen LogP contribution in [0.1, 0.15) is 51.4 Å². The molecule has 0 heteroatoms. The van der Waals surface area contributed by atoms with Gasteiger partial charge in [-0.05, 0) is 32.1 Å². The predicted octanol–water partition coefficient (Wildman–Crippen LogP) is 4.89. The maximum Gasteiger partial charge on any atom is -0.0169 e.